The summed E-state index contributed by atoms with van der Waals surface area (Å²) in [5.74, 6) is 0.858. The third kappa shape index (κ3) is 3.53. The maximum Gasteiger partial charge on any atom is 0.173 e. The molecule has 1 heterocycles. The lowest BCUT2D eigenvalue weighted by Crippen LogP contribution is -2.03. The van der Waals surface area contributed by atoms with E-state index in [0.717, 1.165) is 5.56 Å². The van der Waals surface area contributed by atoms with Crippen molar-refractivity contribution in [2.24, 2.45) is 0 Å². The molecule has 0 unspecified atom stereocenters. The summed E-state index contributed by atoms with van der Waals surface area (Å²) in [7, 11) is 0. The Labute approximate surface area is 87.5 Å². The maximum absolute atomic E-state index is 11.5. The van der Waals surface area contributed by atoms with Crippen molar-refractivity contribution in [2.75, 3.05) is 5.75 Å². The van der Waals surface area contributed by atoms with Gasteiger partial charge in [0.05, 0.1) is 5.75 Å². The van der Waals surface area contributed by atoms with E-state index in [4.69, 9.17) is 0 Å². The van der Waals surface area contributed by atoms with Crippen LogP contribution in [0.1, 0.15) is 29.1 Å². The van der Waals surface area contributed by atoms with Gasteiger partial charge >= 0.3 is 0 Å². The molecule has 0 amide bonds. The summed E-state index contributed by atoms with van der Waals surface area (Å²) in [6, 6.07) is 1.97. The molecule has 0 saturated heterocycles. The molecule has 0 aromatic carbocycles. The standard InChI is InChI=1S/C10H14OS2/c1-7(2)12-6-10(11)9-4-8(3)13-5-9/h4-5,7H,6H2,1-3H3. The summed E-state index contributed by atoms with van der Waals surface area (Å²) in [5, 5.41) is 2.47. The van der Waals surface area contributed by atoms with Gasteiger partial charge in [0, 0.05) is 15.8 Å². The van der Waals surface area contributed by atoms with Gasteiger partial charge in [-0.3, -0.25) is 4.79 Å². The summed E-state index contributed by atoms with van der Waals surface area (Å²) >= 11 is 3.34. The van der Waals surface area contributed by atoms with Crippen LogP contribution in [-0.4, -0.2) is 16.8 Å². The molecule has 13 heavy (non-hydrogen) atoms. The molecular weight excluding hydrogens is 200 g/mol. The van der Waals surface area contributed by atoms with E-state index in [2.05, 4.69) is 13.8 Å². The van der Waals surface area contributed by atoms with Gasteiger partial charge in [-0.1, -0.05) is 13.8 Å². The van der Waals surface area contributed by atoms with Gasteiger partial charge in [-0.2, -0.15) is 11.8 Å². The monoisotopic (exact) mass is 214 g/mol. The third-order valence-corrected chi connectivity index (χ3v) is 3.56. The summed E-state index contributed by atoms with van der Waals surface area (Å²) < 4.78 is 0. The van der Waals surface area contributed by atoms with E-state index < -0.39 is 0 Å². The number of ketones is 1. The van der Waals surface area contributed by atoms with Crippen molar-refractivity contribution in [3.63, 3.8) is 0 Å². The summed E-state index contributed by atoms with van der Waals surface area (Å²) in [4.78, 5) is 12.8. The van der Waals surface area contributed by atoms with Crippen molar-refractivity contribution in [3.8, 4) is 0 Å². The molecule has 0 atom stereocenters. The Morgan fingerprint density at radius 1 is 1.62 bits per heavy atom. The van der Waals surface area contributed by atoms with Gasteiger partial charge in [-0.15, -0.1) is 11.3 Å². The minimum absolute atomic E-state index is 0.253. The van der Waals surface area contributed by atoms with Gasteiger partial charge in [0.15, 0.2) is 5.78 Å². The van der Waals surface area contributed by atoms with Gasteiger partial charge in [0.25, 0.3) is 0 Å². The van der Waals surface area contributed by atoms with Crippen molar-refractivity contribution < 1.29 is 4.79 Å². The fourth-order valence-corrected chi connectivity index (χ4v) is 2.27. The number of aryl methyl sites for hydroxylation is 1. The number of carbonyl (C=O) groups excluding carboxylic acids is 1. The zero-order chi connectivity index (χ0) is 9.84. The first-order chi connectivity index (χ1) is 6.09. The molecule has 0 fully saturated rings. The number of carbonyl (C=O) groups is 1. The van der Waals surface area contributed by atoms with Gasteiger partial charge in [0.2, 0.25) is 0 Å². The molecule has 0 saturated carbocycles. The van der Waals surface area contributed by atoms with Crippen LogP contribution in [0.15, 0.2) is 11.4 Å². The number of hydrogen-bond donors (Lipinski definition) is 0. The lowest BCUT2D eigenvalue weighted by Gasteiger charge is -2.01. The van der Waals surface area contributed by atoms with E-state index in [1.165, 1.54) is 4.88 Å². The van der Waals surface area contributed by atoms with Gasteiger partial charge in [-0.25, -0.2) is 0 Å². The zero-order valence-corrected chi connectivity index (χ0v) is 9.80. The Kier molecular flexibility index (Phi) is 4.00. The number of rotatable bonds is 4. The van der Waals surface area contributed by atoms with Crippen molar-refractivity contribution >= 4 is 28.9 Å². The van der Waals surface area contributed by atoms with Crippen LogP contribution >= 0.6 is 23.1 Å². The Bertz CT molecular complexity index is 289. The van der Waals surface area contributed by atoms with Crippen LogP contribution in [0.4, 0.5) is 0 Å². The molecule has 0 spiro atoms. The largest absolute Gasteiger partial charge is 0.293 e. The predicted molar refractivity (Wildman–Crippen MR) is 61.0 cm³/mol. The first-order valence-electron chi connectivity index (χ1n) is 4.29. The minimum atomic E-state index is 0.253. The molecule has 1 rings (SSSR count). The van der Waals surface area contributed by atoms with E-state index in [0.29, 0.717) is 11.0 Å². The Hall–Kier alpha value is -0.280. The van der Waals surface area contributed by atoms with E-state index in [-0.39, 0.29) is 5.78 Å². The zero-order valence-electron chi connectivity index (χ0n) is 8.16. The second-order valence-corrected chi connectivity index (χ2v) is 5.91. The molecule has 0 aliphatic heterocycles. The molecule has 0 bridgehead atoms. The number of hydrogen-bond acceptors (Lipinski definition) is 3. The second kappa shape index (κ2) is 4.82. The van der Waals surface area contributed by atoms with Crippen molar-refractivity contribution in [1.29, 1.82) is 0 Å². The van der Waals surface area contributed by atoms with E-state index in [1.807, 2.05) is 18.4 Å². The van der Waals surface area contributed by atoms with Crippen LogP contribution in [-0.2, 0) is 0 Å². The fraction of sp³-hybridized carbons (Fsp3) is 0.500. The van der Waals surface area contributed by atoms with Gasteiger partial charge < -0.3 is 0 Å². The van der Waals surface area contributed by atoms with Crippen LogP contribution in [0, 0.1) is 6.92 Å². The van der Waals surface area contributed by atoms with Crippen molar-refractivity contribution in [1.82, 2.24) is 0 Å². The van der Waals surface area contributed by atoms with Crippen molar-refractivity contribution in [2.45, 2.75) is 26.0 Å². The molecule has 1 aromatic rings. The predicted octanol–water partition coefficient (Wildman–Crippen LogP) is 3.38. The van der Waals surface area contributed by atoms with E-state index >= 15 is 0 Å². The highest BCUT2D eigenvalue weighted by atomic mass is 32.2. The van der Waals surface area contributed by atoms with Crippen LogP contribution < -0.4 is 0 Å². The lowest BCUT2D eigenvalue weighted by molar-refractivity contribution is 0.102. The molecule has 3 heteroatoms. The quantitative estimate of drug-likeness (QED) is 0.715. The summed E-state index contributed by atoms with van der Waals surface area (Å²) in [6.07, 6.45) is 0. The highest BCUT2D eigenvalue weighted by Gasteiger charge is 2.08. The van der Waals surface area contributed by atoms with Crippen LogP contribution in [0.2, 0.25) is 0 Å². The number of Topliss-reactive ketones (excluding diaryl/α,β-unsaturated/α-hetero) is 1. The Morgan fingerprint density at radius 3 is 2.77 bits per heavy atom. The maximum atomic E-state index is 11.5. The second-order valence-electron chi connectivity index (χ2n) is 3.23. The fourth-order valence-electron chi connectivity index (χ4n) is 0.915. The molecule has 0 aliphatic rings. The van der Waals surface area contributed by atoms with E-state index in [9.17, 15) is 4.79 Å². The Balaban J connectivity index is 2.49. The first-order valence-corrected chi connectivity index (χ1v) is 6.22. The minimum Gasteiger partial charge on any atom is -0.293 e. The Morgan fingerprint density at radius 2 is 2.31 bits per heavy atom. The molecule has 1 nitrogen and oxygen atoms in total. The van der Waals surface area contributed by atoms with Gasteiger partial charge in [-0.05, 0) is 18.2 Å². The average molecular weight is 214 g/mol. The third-order valence-electron chi connectivity index (χ3n) is 1.60. The summed E-state index contributed by atoms with van der Waals surface area (Å²) in [5.41, 5.74) is 0.871. The van der Waals surface area contributed by atoms with Gasteiger partial charge in [0.1, 0.15) is 0 Å². The molecule has 0 N–H and O–H groups in total. The number of thioether (sulfide) groups is 1. The molecule has 1 aromatic heterocycles. The normalized spacial score (nSPS) is 10.8. The van der Waals surface area contributed by atoms with E-state index in [1.54, 1.807) is 23.1 Å². The number of thiophene rings is 1. The average Bonchev–Trinajstić information content (AvgIpc) is 2.47. The highest BCUT2D eigenvalue weighted by molar-refractivity contribution is 8.00. The highest BCUT2D eigenvalue weighted by Crippen LogP contribution is 2.17. The van der Waals surface area contributed by atoms with Crippen LogP contribution in [0.25, 0.3) is 0 Å². The summed E-state index contributed by atoms with van der Waals surface area (Å²) in [6.45, 7) is 6.24. The molecular formula is C10H14OS2. The SMILES string of the molecule is Cc1cc(C(=O)CSC(C)C)cs1. The molecule has 72 valence electrons. The van der Waals surface area contributed by atoms with Crippen molar-refractivity contribution in [3.05, 3.63) is 21.9 Å². The van der Waals surface area contributed by atoms with Crippen LogP contribution in [0.3, 0.4) is 0 Å². The molecule has 0 aliphatic carbocycles. The van der Waals surface area contributed by atoms with Crippen LogP contribution in [0.5, 0.6) is 0 Å². The topological polar surface area (TPSA) is 17.1 Å². The lowest BCUT2D eigenvalue weighted by atomic mass is 10.2. The first kappa shape index (κ1) is 10.8. The molecule has 0 radical (unpaired) electrons. The smallest absolute Gasteiger partial charge is 0.173 e.